The topological polar surface area (TPSA) is 220 Å². The molecule has 8 rings (SSSR count). The summed E-state index contributed by atoms with van der Waals surface area (Å²) in [6.07, 6.45) is 3.67. The van der Waals surface area contributed by atoms with Crippen LogP contribution in [0.15, 0.2) is 47.1 Å². The van der Waals surface area contributed by atoms with Crippen LogP contribution in [0.4, 0.5) is 4.79 Å². The molecule has 6 heterocycles. The number of nitrogens with zero attached hydrogens (tertiary/aromatic N) is 7. The molecule has 1 aromatic heterocycles. The van der Waals surface area contributed by atoms with Crippen LogP contribution in [-0.4, -0.2) is 154 Å². The number of imide groups is 1. The molecule has 5 aliphatic heterocycles. The lowest BCUT2D eigenvalue weighted by Gasteiger charge is -2.38. The van der Waals surface area contributed by atoms with Crippen LogP contribution in [0.25, 0.3) is 27.6 Å². The third-order valence-electron chi connectivity index (χ3n) is 13.9. The first-order chi connectivity index (χ1) is 32.9. The van der Waals surface area contributed by atoms with Gasteiger partial charge in [0.05, 0.1) is 28.4 Å². The van der Waals surface area contributed by atoms with Crippen LogP contribution in [0.3, 0.4) is 0 Å². The average Bonchev–Trinajstić information content (AvgIpc) is 4.14. The highest BCUT2D eigenvalue weighted by molar-refractivity contribution is 6.02. The third-order valence-corrected chi connectivity index (χ3v) is 13.9. The zero-order chi connectivity index (χ0) is 49.5. The predicted octanol–water partition coefficient (Wildman–Crippen LogP) is 4.14. The molecular weight excluding hydrogens is 885 g/mol. The van der Waals surface area contributed by atoms with Gasteiger partial charge >= 0.3 is 12.2 Å². The van der Waals surface area contributed by atoms with Gasteiger partial charge in [-0.3, -0.25) is 34.1 Å². The molecule has 0 unspecified atom stereocenters. The normalized spacial score (nSPS) is 22.9. The van der Waals surface area contributed by atoms with Crippen molar-refractivity contribution in [2.75, 3.05) is 53.5 Å². The number of phenols is 1. The summed E-state index contributed by atoms with van der Waals surface area (Å²) in [4.78, 5) is 98.1. The smallest absolute Gasteiger partial charge is 0.326 e. The number of benzene rings is 2. The van der Waals surface area contributed by atoms with Gasteiger partial charge in [0.15, 0.2) is 6.61 Å². The molecule has 370 valence electrons. The Morgan fingerprint density at radius 3 is 2.55 bits per heavy atom. The van der Waals surface area contributed by atoms with Crippen LogP contribution in [0.1, 0.15) is 84.0 Å². The number of aliphatic imine (C=N–C) groups is 1. The SMILES string of the molecule is CCn1c(C2=C([C@H](C)OC)N=CCC2)c2c3cc(ccc31)-c1cc(O)cc(c1)C[C@H](NC(=O)[C@H](C(C)C)N(C)C(=O)N1CCN(C(=O)[C@H]3CN3)C(=O)C1)C(=O)N1CCC[C@H](N1)[N+](=O)OCC(C)(C)C2. The van der Waals surface area contributed by atoms with E-state index < -0.39 is 53.3 Å². The van der Waals surface area contributed by atoms with E-state index in [4.69, 9.17) is 14.6 Å². The van der Waals surface area contributed by atoms with Crippen molar-refractivity contribution >= 4 is 52.4 Å². The van der Waals surface area contributed by atoms with Crippen LogP contribution >= 0.6 is 0 Å². The molecule has 5 atom stereocenters. The number of ether oxygens (including phenoxy) is 1. The molecule has 0 aliphatic carbocycles. The standard InChI is InChI=1S/C50H66N10O9/c1-9-57-40-15-14-32-24-36(40)37(45(57)35-12-10-16-51-43(35)30(4)68-8)25-50(5,6)28-69-60(67)41-13-11-17-59(54-41)48(65)38(22-31-20-33(32)23-34(61)21-31)53-46(63)44(29(2)3)55(7)49(66)56-18-19-58(42(62)27-56)47(64)39-26-52-39/h14-16,20-21,23-24,29-30,38-39,41,44,52,54H,9-13,17-19,22,25-28H2,1-8H3,(H-,53,61,63)/p+1/t30-,38-,39+,41+,44-/m0/s1. The second-order valence-corrected chi connectivity index (χ2v) is 20.1. The maximum absolute atomic E-state index is 14.8. The van der Waals surface area contributed by atoms with Crippen LogP contribution in [0.5, 0.6) is 5.75 Å². The number of hydrazine groups is 1. The number of carbonyl (C=O) groups is 5. The Kier molecular flexibility index (Phi) is 14.3. The minimum Gasteiger partial charge on any atom is -0.508 e. The third kappa shape index (κ3) is 10.3. The van der Waals surface area contributed by atoms with Crippen molar-refractivity contribution in [3.05, 3.63) is 63.8 Å². The quantitative estimate of drug-likeness (QED) is 0.177. The number of urea groups is 1. The zero-order valence-electron chi connectivity index (χ0n) is 41.0. The van der Waals surface area contributed by atoms with E-state index in [9.17, 15) is 34.0 Å². The Bertz CT molecular complexity index is 2600. The maximum Gasteiger partial charge on any atom is 0.326 e. The average molecular weight is 952 g/mol. The molecule has 0 radical (unpaired) electrons. The van der Waals surface area contributed by atoms with Crippen molar-refractivity contribution in [1.82, 2.24) is 40.3 Å². The van der Waals surface area contributed by atoms with Crippen LogP contribution in [0.2, 0.25) is 0 Å². The van der Waals surface area contributed by atoms with Crippen molar-refractivity contribution < 1.29 is 43.6 Å². The summed E-state index contributed by atoms with van der Waals surface area (Å²) in [5.41, 5.74) is 9.76. The fourth-order valence-corrected chi connectivity index (χ4v) is 10.3. The molecule has 69 heavy (non-hydrogen) atoms. The second kappa shape index (κ2) is 20.0. The number of nitrogens with one attached hydrogen (secondary N) is 3. The van der Waals surface area contributed by atoms with E-state index >= 15 is 0 Å². The molecular formula is C50H67N10O9+. The molecule has 6 amide bonds. The van der Waals surface area contributed by atoms with Crippen molar-refractivity contribution in [3.8, 4) is 16.9 Å². The number of piperazine rings is 1. The van der Waals surface area contributed by atoms with Gasteiger partial charge in [-0.15, -0.1) is 0 Å². The highest BCUT2D eigenvalue weighted by Crippen LogP contribution is 2.42. The van der Waals surface area contributed by atoms with E-state index in [2.05, 4.69) is 53.5 Å². The van der Waals surface area contributed by atoms with E-state index in [0.717, 1.165) is 56.7 Å². The monoisotopic (exact) mass is 952 g/mol. The summed E-state index contributed by atoms with van der Waals surface area (Å²) >= 11 is 0. The molecule has 4 N–H and O–H groups in total. The highest BCUT2D eigenvalue weighted by atomic mass is 16.8. The summed E-state index contributed by atoms with van der Waals surface area (Å²) in [5, 5.41) is 19.6. The first kappa shape index (κ1) is 49.2. The van der Waals surface area contributed by atoms with Gasteiger partial charge in [0, 0.05) is 87.8 Å². The van der Waals surface area contributed by atoms with Gasteiger partial charge < -0.3 is 34.8 Å². The number of methoxy groups -OCH3 is 1. The minimum atomic E-state index is -1.22. The first-order valence-corrected chi connectivity index (χ1v) is 24.2. The number of rotatable bonds is 9. The van der Waals surface area contributed by atoms with E-state index in [1.165, 1.54) is 21.9 Å². The maximum atomic E-state index is 14.8. The Balaban J connectivity index is 1.16. The lowest BCUT2D eigenvalue weighted by molar-refractivity contribution is -0.835. The first-order valence-electron chi connectivity index (χ1n) is 24.2. The lowest BCUT2D eigenvalue weighted by Crippen LogP contribution is -2.63. The molecule has 3 fully saturated rings. The zero-order valence-corrected chi connectivity index (χ0v) is 41.0. The highest BCUT2D eigenvalue weighted by Gasteiger charge is 2.43. The number of phenolic OH excluding ortho intramolecular Hbond substituents is 1. The van der Waals surface area contributed by atoms with Gasteiger partial charge in [0.1, 0.15) is 24.4 Å². The summed E-state index contributed by atoms with van der Waals surface area (Å²) in [6, 6.07) is 8.14. The van der Waals surface area contributed by atoms with Crippen molar-refractivity contribution in [2.24, 2.45) is 16.3 Å². The van der Waals surface area contributed by atoms with Crippen LogP contribution < -0.4 is 16.1 Å². The Hall–Kier alpha value is -6.18. The predicted molar refractivity (Wildman–Crippen MR) is 258 cm³/mol. The largest absolute Gasteiger partial charge is 0.508 e. The summed E-state index contributed by atoms with van der Waals surface area (Å²) in [6.45, 7) is 13.1. The fourth-order valence-electron chi connectivity index (χ4n) is 10.3. The van der Waals surface area contributed by atoms with Crippen molar-refractivity contribution in [3.63, 3.8) is 0 Å². The van der Waals surface area contributed by atoms with Crippen molar-refractivity contribution in [2.45, 2.75) is 117 Å². The van der Waals surface area contributed by atoms with Gasteiger partial charge in [0.2, 0.25) is 22.6 Å². The van der Waals surface area contributed by atoms with Crippen LogP contribution in [-0.2, 0) is 48.1 Å². The molecule has 19 heteroatoms. The molecule has 19 nitrogen and oxygen atoms in total. The van der Waals surface area contributed by atoms with Gasteiger partial charge in [-0.05, 0) is 92.0 Å². The molecule has 5 aliphatic rings. The number of aryl methyl sites for hydroxylation is 1. The Morgan fingerprint density at radius 2 is 1.86 bits per heavy atom. The van der Waals surface area contributed by atoms with Crippen molar-refractivity contribution in [1.29, 1.82) is 0 Å². The Labute approximate surface area is 402 Å². The number of carbonyl (C=O) groups excluding carboxylic acids is 5. The number of likely N-dealkylation sites (N-methyl/N-ethyl adjacent to an activating group) is 1. The second-order valence-electron chi connectivity index (χ2n) is 20.1. The molecule has 6 bridgehead atoms. The number of amides is 6. The molecule has 3 saturated heterocycles. The van der Waals surface area contributed by atoms with Gasteiger partial charge in [-0.1, -0.05) is 39.8 Å². The van der Waals surface area contributed by atoms with E-state index in [1.807, 2.05) is 25.3 Å². The number of aromatic nitrogens is 1. The van der Waals surface area contributed by atoms with Crippen LogP contribution in [0, 0.1) is 16.2 Å². The van der Waals surface area contributed by atoms with E-state index in [-0.39, 0.29) is 63.0 Å². The number of aromatic hydroxyl groups is 1. The lowest BCUT2D eigenvalue weighted by atomic mass is 9.83. The summed E-state index contributed by atoms with van der Waals surface area (Å²) in [7, 11) is 3.17. The minimum absolute atomic E-state index is 0.0310. The van der Waals surface area contributed by atoms with Gasteiger partial charge in [-0.2, -0.15) is 5.43 Å². The van der Waals surface area contributed by atoms with E-state index in [0.29, 0.717) is 48.4 Å². The molecule has 2 aromatic carbocycles. The van der Waals surface area contributed by atoms with Gasteiger partial charge in [-0.25, -0.2) is 9.63 Å². The number of hydrogen-bond donors (Lipinski definition) is 4. The number of fused-ring (bicyclic) bond motifs is 6. The number of allylic oxidation sites excluding steroid dienone is 1. The fraction of sp³-hybridized carbons (Fsp3) is 0.560. The Morgan fingerprint density at radius 1 is 1.09 bits per heavy atom. The van der Waals surface area contributed by atoms with E-state index in [1.54, 1.807) is 33.1 Å². The van der Waals surface area contributed by atoms with Gasteiger partial charge in [0.25, 0.3) is 5.91 Å². The molecule has 0 saturated carbocycles. The molecule has 0 spiro atoms. The summed E-state index contributed by atoms with van der Waals surface area (Å²) in [5.74, 6) is -2.42. The molecule has 3 aromatic rings. The summed E-state index contributed by atoms with van der Waals surface area (Å²) < 4.78 is 8.16. The number of hydrogen-bond acceptors (Lipinski definition) is 12.